The van der Waals surface area contributed by atoms with E-state index in [1.54, 1.807) is 5.41 Å². The number of carbonyl (C=O) groups excluding carboxylic acids is 1. The Labute approximate surface area is 132 Å². The molecule has 2 aromatic rings. The Bertz CT molecular complexity index is 645. The number of hydrogen-bond donors (Lipinski definition) is 0. The van der Waals surface area contributed by atoms with Crippen molar-refractivity contribution < 1.29 is 14.3 Å². The minimum Gasteiger partial charge on any atom is -0.465 e. The minimum absolute atomic E-state index is 0.357. The first-order chi connectivity index (χ1) is 10.2. The van der Waals surface area contributed by atoms with E-state index < -0.39 is 0 Å². The van der Waals surface area contributed by atoms with Gasteiger partial charge in [-0.1, -0.05) is 18.2 Å². The molecule has 0 unspecified atom stereocenters. The predicted octanol–water partition coefficient (Wildman–Crippen LogP) is 4.73. The van der Waals surface area contributed by atoms with Crippen LogP contribution in [-0.4, -0.2) is 19.3 Å². The lowest BCUT2D eigenvalue weighted by Crippen LogP contribution is -2.03. The predicted molar refractivity (Wildman–Crippen MR) is 89.1 cm³/mol. The van der Waals surface area contributed by atoms with Crippen molar-refractivity contribution in [1.82, 2.24) is 0 Å². The summed E-state index contributed by atoms with van der Waals surface area (Å²) in [6.07, 6.45) is 1.90. The molecule has 2 rings (SSSR count). The molecule has 0 amide bonds. The largest absolute Gasteiger partial charge is 0.465 e. The van der Waals surface area contributed by atoms with Crippen molar-refractivity contribution >= 4 is 34.6 Å². The van der Waals surface area contributed by atoms with Crippen LogP contribution in [0.1, 0.15) is 10.4 Å². The van der Waals surface area contributed by atoms with Gasteiger partial charge in [0.25, 0.3) is 0 Å². The molecule has 3 nitrogen and oxygen atoms in total. The Balaban J connectivity index is 2.41. The molecule has 110 valence electrons. The van der Waals surface area contributed by atoms with Gasteiger partial charge in [0.2, 0.25) is 0 Å². The van der Waals surface area contributed by atoms with Crippen LogP contribution in [0.5, 0.6) is 11.5 Å². The monoisotopic (exact) mass is 320 g/mol. The second-order valence-corrected chi connectivity index (χ2v) is 5.84. The molecule has 21 heavy (non-hydrogen) atoms. The number of aryl methyl sites for hydroxylation is 1. The summed E-state index contributed by atoms with van der Waals surface area (Å²) in [5.41, 5.74) is 1.52. The van der Waals surface area contributed by atoms with Crippen molar-refractivity contribution in [2.24, 2.45) is 0 Å². The number of carbonyl (C=O) groups is 1. The van der Waals surface area contributed by atoms with E-state index >= 15 is 0 Å². The standard InChI is InChI=1S/C16H16O3S2/c1-11-9-21-15(13(10-20-3)16(17)18-2)14(11)19-12-7-5-4-6-8-12/h4-10H,1-3H3. The molecule has 0 spiro atoms. The molecule has 0 radical (unpaired) electrons. The molecule has 0 N–H and O–H groups in total. The average Bonchev–Trinajstić information content (AvgIpc) is 2.86. The quantitative estimate of drug-likeness (QED) is 0.589. The highest BCUT2D eigenvalue weighted by atomic mass is 32.2. The van der Waals surface area contributed by atoms with E-state index in [9.17, 15) is 4.79 Å². The molecule has 0 aliphatic carbocycles. The van der Waals surface area contributed by atoms with Crippen LogP contribution < -0.4 is 4.74 Å². The van der Waals surface area contributed by atoms with Crippen LogP contribution >= 0.6 is 23.1 Å². The molecule has 1 aromatic heterocycles. The normalized spacial score (nSPS) is 11.3. The Hall–Kier alpha value is -1.72. The van der Waals surface area contributed by atoms with Crippen molar-refractivity contribution in [1.29, 1.82) is 0 Å². The van der Waals surface area contributed by atoms with Crippen LogP contribution in [0.2, 0.25) is 0 Å². The van der Waals surface area contributed by atoms with E-state index in [1.807, 2.05) is 48.9 Å². The fourth-order valence-electron chi connectivity index (χ4n) is 1.77. The molecular formula is C16H16O3S2. The fourth-order valence-corrected chi connectivity index (χ4v) is 3.28. The van der Waals surface area contributed by atoms with Gasteiger partial charge in [0.1, 0.15) is 11.5 Å². The summed E-state index contributed by atoms with van der Waals surface area (Å²) in [5, 5.41) is 3.76. The molecular weight excluding hydrogens is 304 g/mol. The molecule has 1 aromatic carbocycles. The number of para-hydroxylation sites is 1. The second kappa shape index (κ2) is 7.33. The van der Waals surface area contributed by atoms with Gasteiger partial charge >= 0.3 is 5.97 Å². The summed E-state index contributed by atoms with van der Waals surface area (Å²) in [7, 11) is 1.38. The Kier molecular flexibility index (Phi) is 5.47. The van der Waals surface area contributed by atoms with Crippen molar-refractivity contribution in [2.75, 3.05) is 13.4 Å². The third kappa shape index (κ3) is 3.68. The summed E-state index contributed by atoms with van der Waals surface area (Å²) >= 11 is 2.94. The lowest BCUT2D eigenvalue weighted by Gasteiger charge is -2.10. The smallest absolute Gasteiger partial charge is 0.339 e. The maximum Gasteiger partial charge on any atom is 0.339 e. The van der Waals surface area contributed by atoms with Crippen LogP contribution in [-0.2, 0) is 9.53 Å². The average molecular weight is 320 g/mol. The van der Waals surface area contributed by atoms with Gasteiger partial charge in [-0.15, -0.1) is 23.1 Å². The zero-order valence-electron chi connectivity index (χ0n) is 12.1. The summed E-state index contributed by atoms with van der Waals surface area (Å²) in [6.45, 7) is 1.96. The van der Waals surface area contributed by atoms with Gasteiger partial charge in [0.15, 0.2) is 0 Å². The van der Waals surface area contributed by atoms with E-state index in [0.29, 0.717) is 11.3 Å². The molecule has 0 atom stereocenters. The molecule has 5 heteroatoms. The SMILES string of the molecule is COC(=O)C(=CSC)c1scc(C)c1Oc1ccccc1. The van der Waals surface area contributed by atoms with Crippen molar-refractivity contribution in [2.45, 2.75) is 6.92 Å². The maximum absolute atomic E-state index is 12.0. The van der Waals surface area contributed by atoms with Gasteiger partial charge in [0, 0.05) is 5.56 Å². The van der Waals surface area contributed by atoms with E-state index in [1.165, 1.54) is 30.2 Å². The van der Waals surface area contributed by atoms with Crippen LogP contribution in [0.25, 0.3) is 5.57 Å². The van der Waals surface area contributed by atoms with Crippen molar-refractivity contribution in [3.63, 3.8) is 0 Å². The third-order valence-electron chi connectivity index (χ3n) is 2.77. The van der Waals surface area contributed by atoms with Gasteiger partial charge in [-0.05, 0) is 36.1 Å². The lowest BCUT2D eigenvalue weighted by molar-refractivity contribution is -0.133. The van der Waals surface area contributed by atoms with Gasteiger partial charge in [-0.3, -0.25) is 0 Å². The number of ether oxygens (including phenoxy) is 2. The summed E-state index contributed by atoms with van der Waals surface area (Å²) in [6, 6.07) is 9.53. The van der Waals surface area contributed by atoms with Gasteiger partial charge in [-0.2, -0.15) is 0 Å². The first kappa shape index (κ1) is 15.7. The second-order valence-electron chi connectivity index (χ2n) is 4.25. The number of hydrogen-bond acceptors (Lipinski definition) is 5. The molecule has 0 bridgehead atoms. The summed E-state index contributed by atoms with van der Waals surface area (Å²) in [4.78, 5) is 12.8. The van der Waals surface area contributed by atoms with Crippen molar-refractivity contribution in [3.05, 3.63) is 51.6 Å². The highest BCUT2D eigenvalue weighted by Gasteiger charge is 2.21. The lowest BCUT2D eigenvalue weighted by atomic mass is 10.2. The number of thioether (sulfide) groups is 1. The third-order valence-corrected chi connectivity index (χ3v) is 4.35. The first-order valence-corrected chi connectivity index (χ1v) is 8.46. The molecule has 1 heterocycles. The molecule has 0 saturated carbocycles. The number of rotatable bonds is 5. The highest BCUT2D eigenvalue weighted by Crippen LogP contribution is 2.39. The molecule has 0 saturated heterocycles. The van der Waals surface area contributed by atoms with Crippen molar-refractivity contribution in [3.8, 4) is 11.5 Å². The number of methoxy groups -OCH3 is 1. The van der Waals surface area contributed by atoms with Gasteiger partial charge in [-0.25, -0.2) is 4.79 Å². The van der Waals surface area contributed by atoms with Crippen LogP contribution in [0.3, 0.4) is 0 Å². The molecule has 0 aliphatic rings. The number of benzene rings is 1. The van der Waals surface area contributed by atoms with E-state index in [0.717, 1.165) is 16.2 Å². The van der Waals surface area contributed by atoms with Crippen LogP contribution in [0.4, 0.5) is 0 Å². The van der Waals surface area contributed by atoms with Gasteiger partial charge < -0.3 is 9.47 Å². The summed E-state index contributed by atoms with van der Waals surface area (Å²) < 4.78 is 10.8. The maximum atomic E-state index is 12.0. The Morgan fingerprint density at radius 2 is 2.00 bits per heavy atom. The first-order valence-electron chi connectivity index (χ1n) is 6.30. The minimum atomic E-state index is -0.357. The molecule has 0 fully saturated rings. The van der Waals surface area contributed by atoms with E-state index in [2.05, 4.69) is 0 Å². The Morgan fingerprint density at radius 3 is 2.62 bits per heavy atom. The van der Waals surface area contributed by atoms with E-state index in [4.69, 9.17) is 9.47 Å². The number of esters is 1. The Morgan fingerprint density at radius 1 is 1.29 bits per heavy atom. The zero-order chi connectivity index (χ0) is 15.2. The van der Waals surface area contributed by atoms with E-state index in [-0.39, 0.29) is 5.97 Å². The highest BCUT2D eigenvalue weighted by molar-refractivity contribution is 8.01. The topological polar surface area (TPSA) is 35.5 Å². The summed E-state index contributed by atoms with van der Waals surface area (Å²) in [5.74, 6) is 1.09. The number of thiophene rings is 1. The zero-order valence-corrected chi connectivity index (χ0v) is 13.7. The molecule has 0 aliphatic heterocycles. The van der Waals surface area contributed by atoms with Gasteiger partial charge in [0.05, 0.1) is 17.6 Å². The van der Waals surface area contributed by atoms with Crippen LogP contribution in [0.15, 0.2) is 41.1 Å². The van der Waals surface area contributed by atoms with Crippen LogP contribution in [0, 0.1) is 6.92 Å². The fraction of sp³-hybridized carbons (Fsp3) is 0.188.